The number of aryl methyl sites for hydroxylation is 1. The fraction of sp³-hybridized carbons (Fsp3) is 0.308. The molecule has 33 heavy (non-hydrogen) atoms. The van der Waals surface area contributed by atoms with Gasteiger partial charge in [0.1, 0.15) is 6.54 Å². The molecule has 1 aromatic heterocycles. The van der Waals surface area contributed by atoms with Crippen LogP contribution in [0.1, 0.15) is 51.8 Å². The molecule has 0 N–H and O–H groups in total. The monoisotopic (exact) mass is 500 g/mol. The van der Waals surface area contributed by atoms with Crippen molar-refractivity contribution in [3.63, 3.8) is 0 Å². The zero-order chi connectivity index (χ0) is 23.7. The van der Waals surface area contributed by atoms with Crippen molar-refractivity contribution < 1.29 is 9.59 Å². The maximum absolute atomic E-state index is 13.7. The number of carbonyl (C=O) groups excluding carboxylic acids is 2. The summed E-state index contributed by atoms with van der Waals surface area (Å²) in [6, 6.07) is 14.5. The summed E-state index contributed by atoms with van der Waals surface area (Å²) in [5, 5.41) is 3.14. The lowest BCUT2D eigenvalue weighted by Crippen LogP contribution is -2.48. The van der Waals surface area contributed by atoms with E-state index >= 15 is 0 Å². The van der Waals surface area contributed by atoms with Gasteiger partial charge in [-0.05, 0) is 73.5 Å². The van der Waals surface area contributed by atoms with E-state index in [0.29, 0.717) is 22.2 Å². The number of fused-ring (bicyclic) bond motifs is 1. The Morgan fingerprint density at radius 3 is 2.58 bits per heavy atom. The molecular formula is C26H26Cl2N2O2S. The van der Waals surface area contributed by atoms with Crippen molar-refractivity contribution in [2.45, 2.75) is 39.3 Å². The van der Waals surface area contributed by atoms with Gasteiger partial charge >= 0.3 is 0 Å². The Labute approximate surface area is 208 Å². The highest BCUT2D eigenvalue weighted by Crippen LogP contribution is 2.41. The van der Waals surface area contributed by atoms with Gasteiger partial charge < -0.3 is 9.80 Å². The van der Waals surface area contributed by atoms with Gasteiger partial charge in [0.25, 0.3) is 5.91 Å². The Bertz CT molecular complexity index is 1190. The highest BCUT2D eigenvalue weighted by atomic mass is 35.5. The van der Waals surface area contributed by atoms with Gasteiger partial charge in [0.05, 0.1) is 6.04 Å². The van der Waals surface area contributed by atoms with Crippen LogP contribution in [0.3, 0.4) is 0 Å². The van der Waals surface area contributed by atoms with Crippen LogP contribution in [0.5, 0.6) is 0 Å². The summed E-state index contributed by atoms with van der Waals surface area (Å²) >= 11 is 14.4. The van der Waals surface area contributed by atoms with Gasteiger partial charge in [0.15, 0.2) is 0 Å². The Balaban J connectivity index is 1.66. The molecule has 0 spiro atoms. The first-order valence-corrected chi connectivity index (χ1v) is 12.6. The maximum Gasteiger partial charge on any atom is 0.254 e. The van der Waals surface area contributed by atoms with Crippen LogP contribution in [-0.4, -0.2) is 40.7 Å². The molecular weight excluding hydrogens is 475 g/mol. The molecule has 0 bridgehead atoms. The van der Waals surface area contributed by atoms with Gasteiger partial charge in [0.2, 0.25) is 5.91 Å². The number of benzene rings is 2. The van der Waals surface area contributed by atoms with Crippen LogP contribution in [0.15, 0.2) is 53.9 Å². The summed E-state index contributed by atoms with van der Waals surface area (Å²) in [5.74, 6) is -0.232. The van der Waals surface area contributed by atoms with Crippen LogP contribution in [0.25, 0.3) is 0 Å². The van der Waals surface area contributed by atoms with E-state index in [1.165, 1.54) is 4.88 Å². The Hall–Kier alpha value is -2.34. The molecule has 1 unspecified atom stereocenters. The molecule has 4 nitrogen and oxygen atoms in total. The minimum atomic E-state index is -0.306. The lowest BCUT2D eigenvalue weighted by Gasteiger charge is -2.38. The summed E-state index contributed by atoms with van der Waals surface area (Å²) < 4.78 is 0. The number of amides is 2. The smallest absolute Gasteiger partial charge is 0.254 e. The van der Waals surface area contributed by atoms with Crippen molar-refractivity contribution in [1.82, 2.24) is 9.80 Å². The van der Waals surface area contributed by atoms with Crippen LogP contribution < -0.4 is 0 Å². The maximum atomic E-state index is 13.7. The van der Waals surface area contributed by atoms with Gasteiger partial charge in [-0.2, -0.15) is 0 Å². The SMILES string of the molecule is Cc1ccccc1C(=O)N(CC(=O)N1CCc2sccc2C1c1ccc(Cl)cc1Cl)C(C)C. The minimum absolute atomic E-state index is 0.00597. The van der Waals surface area contributed by atoms with E-state index in [0.717, 1.165) is 23.1 Å². The second kappa shape index (κ2) is 9.88. The standard InChI is InChI=1S/C26H26Cl2N2O2S/c1-16(2)30(26(32)19-7-5-4-6-17(19)3)15-24(31)29-12-10-23-21(11-13-33-23)25(29)20-9-8-18(27)14-22(20)28/h4-9,11,13-14,16,25H,10,12,15H2,1-3H3. The van der Waals surface area contributed by atoms with E-state index in [-0.39, 0.29) is 30.4 Å². The Morgan fingerprint density at radius 2 is 1.88 bits per heavy atom. The lowest BCUT2D eigenvalue weighted by molar-refractivity contribution is -0.134. The molecule has 7 heteroatoms. The molecule has 4 rings (SSSR count). The predicted molar refractivity (Wildman–Crippen MR) is 135 cm³/mol. The van der Waals surface area contributed by atoms with E-state index in [9.17, 15) is 9.59 Å². The molecule has 2 heterocycles. The third kappa shape index (κ3) is 4.81. The number of hydrogen-bond acceptors (Lipinski definition) is 3. The van der Waals surface area contributed by atoms with Crippen LogP contribution in [0.4, 0.5) is 0 Å². The highest BCUT2D eigenvalue weighted by Gasteiger charge is 2.35. The number of carbonyl (C=O) groups is 2. The molecule has 1 aliphatic heterocycles. The van der Waals surface area contributed by atoms with Gasteiger partial charge in [-0.25, -0.2) is 0 Å². The Kier molecular flexibility index (Phi) is 7.13. The van der Waals surface area contributed by atoms with Gasteiger partial charge in [-0.15, -0.1) is 11.3 Å². The average molecular weight is 501 g/mol. The molecule has 3 aromatic rings. The molecule has 0 aliphatic carbocycles. The molecule has 0 saturated heterocycles. The molecule has 2 aromatic carbocycles. The van der Waals surface area contributed by atoms with Crippen molar-refractivity contribution in [3.05, 3.63) is 91.1 Å². The van der Waals surface area contributed by atoms with Gasteiger partial charge in [0, 0.05) is 33.1 Å². The van der Waals surface area contributed by atoms with Crippen molar-refractivity contribution in [2.75, 3.05) is 13.1 Å². The first kappa shape index (κ1) is 23.8. The second-order valence-electron chi connectivity index (χ2n) is 8.55. The van der Waals surface area contributed by atoms with Crippen molar-refractivity contribution >= 4 is 46.4 Å². The highest BCUT2D eigenvalue weighted by molar-refractivity contribution is 7.10. The normalized spacial score (nSPS) is 15.5. The predicted octanol–water partition coefficient (Wildman–Crippen LogP) is 6.39. The first-order valence-electron chi connectivity index (χ1n) is 10.9. The summed E-state index contributed by atoms with van der Waals surface area (Å²) in [5.41, 5.74) is 3.45. The largest absolute Gasteiger partial charge is 0.330 e. The van der Waals surface area contributed by atoms with E-state index in [1.54, 1.807) is 28.4 Å². The molecule has 1 atom stereocenters. The fourth-order valence-corrected chi connectivity index (χ4v) is 5.75. The lowest BCUT2D eigenvalue weighted by atomic mass is 9.93. The summed E-state index contributed by atoms with van der Waals surface area (Å²) in [7, 11) is 0. The average Bonchev–Trinajstić information content (AvgIpc) is 3.25. The molecule has 2 amide bonds. The zero-order valence-electron chi connectivity index (χ0n) is 18.8. The number of rotatable bonds is 5. The van der Waals surface area contributed by atoms with E-state index < -0.39 is 0 Å². The van der Waals surface area contributed by atoms with Crippen molar-refractivity contribution in [2.24, 2.45) is 0 Å². The van der Waals surface area contributed by atoms with Crippen LogP contribution in [0.2, 0.25) is 10.0 Å². The minimum Gasteiger partial charge on any atom is -0.330 e. The number of hydrogen-bond donors (Lipinski definition) is 0. The fourth-order valence-electron chi connectivity index (χ4n) is 4.34. The summed E-state index contributed by atoms with van der Waals surface area (Å²) in [6.45, 7) is 6.36. The summed E-state index contributed by atoms with van der Waals surface area (Å²) in [4.78, 5) is 31.8. The molecule has 0 radical (unpaired) electrons. The van der Waals surface area contributed by atoms with E-state index in [2.05, 4.69) is 11.4 Å². The topological polar surface area (TPSA) is 40.6 Å². The van der Waals surface area contributed by atoms with Crippen LogP contribution in [-0.2, 0) is 11.2 Å². The summed E-state index contributed by atoms with van der Waals surface area (Å²) in [6.07, 6.45) is 0.786. The molecule has 1 aliphatic rings. The van der Waals surface area contributed by atoms with E-state index in [4.69, 9.17) is 23.2 Å². The van der Waals surface area contributed by atoms with Gasteiger partial charge in [-0.3, -0.25) is 9.59 Å². The van der Waals surface area contributed by atoms with Gasteiger partial charge in [-0.1, -0.05) is 47.5 Å². The zero-order valence-corrected chi connectivity index (χ0v) is 21.2. The number of nitrogens with zero attached hydrogens (tertiary/aromatic N) is 2. The molecule has 172 valence electrons. The number of halogens is 2. The number of thiophene rings is 1. The van der Waals surface area contributed by atoms with Crippen LogP contribution >= 0.6 is 34.5 Å². The van der Waals surface area contributed by atoms with Crippen molar-refractivity contribution in [3.8, 4) is 0 Å². The third-order valence-corrected chi connectivity index (χ3v) is 7.67. The van der Waals surface area contributed by atoms with Crippen molar-refractivity contribution in [1.29, 1.82) is 0 Å². The Morgan fingerprint density at radius 1 is 1.12 bits per heavy atom. The molecule has 0 saturated carbocycles. The van der Waals surface area contributed by atoms with Crippen LogP contribution in [0, 0.1) is 6.92 Å². The quantitative estimate of drug-likeness (QED) is 0.407. The second-order valence-corrected chi connectivity index (χ2v) is 10.4. The third-order valence-electron chi connectivity index (χ3n) is 6.11. The van der Waals surface area contributed by atoms with E-state index in [1.807, 2.05) is 56.0 Å². The first-order chi connectivity index (χ1) is 15.8. The molecule has 0 fully saturated rings.